The molecule has 0 bridgehead atoms. The minimum Gasteiger partial charge on any atom is -0.335 e. The Bertz CT molecular complexity index is 641. The van der Waals surface area contributed by atoms with E-state index in [4.69, 9.17) is 0 Å². The average Bonchev–Trinajstić information content (AvgIpc) is 3.09. The van der Waals surface area contributed by atoms with Crippen LogP contribution in [-0.4, -0.2) is 39.6 Å². The smallest absolute Gasteiger partial charge is 0.317 e. The van der Waals surface area contributed by atoms with Gasteiger partial charge in [-0.1, -0.05) is 12.8 Å². The second-order valence-electron chi connectivity index (χ2n) is 7.27. The first kappa shape index (κ1) is 17.0. The molecule has 1 saturated carbocycles. The molecule has 0 aromatic carbocycles. The van der Waals surface area contributed by atoms with Gasteiger partial charge in [-0.2, -0.15) is 0 Å². The largest absolute Gasteiger partial charge is 0.335 e. The highest BCUT2D eigenvalue weighted by atomic mass is 16.2. The molecule has 1 saturated heterocycles. The molecule has 0 spiro atoms. The van der Waals surface area contributed by atoms with Gasteiger partial charge in [-0.3, -0.25) is 9.36 Å². The molecule has 2 heterocycles. The zero-order valence-corrected chi connectivity index (χ0v) is 14.8. The number of nitrogens with zero attached hydrogens (tertiary/aromatic N) is 3. The van der Waals surface area contributed by atoms with E-state index in [0.29, 0.717) is 18.5 Å². The normalized spacial score (nSPS) is 19.7. The summed E-state index contributed by atoms with van der Waals surface area (Å²) in [5.74, 6) is 0.433. The summed E-state index contributed by atoms with van der Waals surface area (Å²) >= 11 is 0. The highest BCUT2D eigenvalue weighted by Gasteiger charge is 2.25. The van der Waals surface area contributed by atoms with Crippen molar-refractivity contribution in [3.63, 3.8) is 0 Å². The Kier molecular flexibility index (Phi) is 5.21. The monoisotopic (exact) mass is 332 g/mol. The highest BCUT2D eigenvalue weighted by Crippen LogP contribution is 2.21. The fraction of sp³-hybridized carbons (Fsp3) is 0.722. The van der Waals surface area contributed by atoms with Crippen molar-refractivity contribution < 1.29 is 4.79 Å². The highest BCUT2D eigenvalue weighted by molar-refractivity contribution is 5.74. The Hall–Kier alpha value is -1.85. The molecule has 132 valence electrons. The Morgan fingerprint density at radius 1 is 1.21 bits per heavy atom. The van der Waals surface area contributed by atoms with E-state index >= 15 is 0 Å². The van der Waals surface area contributed by atoms with Gasteiger partial charge in [0.2, 0.25) is 0 Å². The summed E-state index contributed by atoms with van der Waals surface area (Å²) in [6, 6.07) is 0.459. The van der Waals surface area contributed by atoms with Crippen LogP contribution in [0, 0.1) is 19.8 Å². The van der Waals surface area contributed by atoms with Gasteiger partial charge in [0.15, 0.2) is 0 Å². The third-order valence-corrected chi connectivity index (χ3v) is 5.55. The molecule has 3 rings (SSSR count). The predicted molar refractivity (Wildman–Crippen MR) is 93.1 cm³/mol. The molecule has 24 heavy (non-hydrogen) atoms. The second-order valence-corrected chi connectivity index (χ2v) is 7.27. The molecule has 6 heteroatoms. The zero-order chi connectivity index (χ0) is 17.1. The van der Waals surface area contributed by atoms with Crippen LogP contribution in [0.5, 0.6) is 0 Å². The molecule has 2 amide bonds. The van der Waals surface area contributed by atoms with Gasteiger partial charge in [0.1, 0.15) is 0 Å². The van der Waals surface area contributed by atoms with Crippen LogP contribution in [0.3, 0.4) is 0 Å². The summed E-state index contributed by atoms with van der Waals surface area (Å²) in [5, 5.41) is 3.16. The van der Waals surface area contributed by atoms with Gasteiger partial charge in [0.05, 0.1) is 6.33 Å². The lowest BCUT2D eigenvalue weighted by Gasteiger charge is -2.33. The number of aromatic nitrogens is 2. The van der Waals surface area contributed by atoms with Crippen LogP contribution in [0.4, 0.5) is 4.79 Å². The van der Waals surface area contributed by atoms with Crippen LogP contribution >= 0.6 is 0 Å². The standard InChI is InChI=1S/C18H28N4O2/c1-13-14(2)19-12-22(17(13)23)11-15-7-9-21(10-8-15)18(24)20-16-5-3-4-6-16/h12,15-16H,3-11H2,1-2H3,(H,20,24). The SMILES string of the molecule is Cc1ncn(CC2CCN(C(=O)NC3CCCC3)CC2)c(=O)c1C. The Balaban J connectivity index is 1.51. The molecule has 0 unspecified atom stereocenters. The minimum absolute atomic E-state index is 0.0592. The van der Waals surface area contributed by atoms with E-state index in [1.54, 1.807) is 10.9 Å². The van der Waals surface area contributed by atoms with Crippen LogP contribution in [0.15, 0.2) is 11.1 Å². The number of amides is 2. The molecule has 6 nitrogen and oxygen atoms in total. The van der Waals surface area contributed by atoms with E-state index in [1.165, 1.54) is 12.8 Å². The summed E-state index contributed by atoms with van der Waals surface area (Å²) in [6.45, 7) is 5.94. The third kappa shape index (κ3) is 3.79. The first-order valence-electron chi connectivity index (χ1n) is 9.12. The first-order valence-corrected chi connectivity index (χ1v) is 9.12. The lowest BCUT2D eigenvalue weighted by molar-refractivity contribution is 0.162. The molecule has 1 aliphatic carbocycles. The number of carbonyl (C=O) groups is 1. The Morgan fingerprint density at radius 2 is 1.88 bits per heavy atom. The van der Waals surface area contributed by atoms with Gasteiger partial charge in [-0.15, -0.1) is 0 Å². The Labute approximate surface area is 143 Å². The summed E-state index contributed by atoms with van der Waals surface area (Å²) in [4.78, 5) is 30.8. The maximum Gasteiger partial charge on any atom is 0.317 e. The van der Waals surface area contributed by atoms with E-state index in [0.717, 1.165) is 50.0 Å². The molecule has 1 aromatic heterocycles. The maximum absolute atomic E-state index is 12.3. The van der Waals surface area contributed by atoms with Crippen molar-refractivity contribution in [1.82, 2.24) is 19.8 Å². The molecular weight excluding hydrogens is 304 g/mol. The maximum atomic E-state index is 12.3. The van der Waals surface area contributed by atoms with Crippen LogP contribution < -0.4 is 10.9 Å². The number of aryl methyl sites for hydroxylation is 1. The van der Waals surface area contributed by atoms with Crippen molar-refractivity contribution in [2.45, 2.75) is 65.0 Å². The van der Waals surface area contributed by atoms with Crippen LogP contribution in [0.1, 0.15) is 49.8 Å². The number of piperidine rings is 1. The van der Waals surface area contributed by atoms with Crippen molar-refractivity contribution >= 4 is 6.03 Å². The number of hydrogen-bond donors (Lipinski definition) is 1. The van der Waals surface area contributed by atoms with Crippen molar-refractivity contribution in [2.75, 3.05) is 13.1 Å². The van der Waals surface area contributed by atoms with Gasteiger partial charge in [0, 0.05) is 36.9 Å². The number of hydrogen-bond acceptors (Lipinski definition) is 3. The molecule has 1 N–H and O–H groups in total. The number of carbonyl (C=O) groups excluding carboxylic acids is 1. The summed E-state index contributed by atoms with van der Waals surface area (Å²) in [7, 11) is 0. The van der Waals surface area contributed by atoms with Crippen LogP contribution in [0.2, 0.25) is 0 Å². The van der Waals surface area contributed by atoms with E-state index in [-0.39, 0.29) is 11.6 Å². The lowest BCUT2D eigenvalue weighted by atomic mass is 9.97. The van der Waals surface area contributed by atoms with E-state index < -0.39 is 0 Å². The second kappa shape index (κ2) is 7.36. The van der Waals surface area contributed by atoms with Gasteiger partial charge in [-0.05, 0) is 45.4 Å². The molecule has 2 aliphatic rings. The van der Waals surface area contributed by atoms with Gasteiger partial charge in [-0.25, -0.2) is 9.78 Å². The summed E-state index contributed by atoms with van der Waals surface area (Å²) < 4.78 is 1.72. The summed E-state index contributed by atoms with van der Waals surface area (Å²) in [6.07, 6.45) is 8.23. The quantitative estimate of drug-likeness (QED) is 0.923. The molecule has 0 radical (unpaired) electrons. The topological polar surface area (TPSA) is 67.2 Å². The average molecular weight is 332 g/mol. The number of likely N-dealkylation sites (tertiary alicyclic amines) is 1. The minimum atomic E-state index is 0.0592. The number of nitrogens with one attached hydrogen (secondary N) is 1. The van der Waals surface area contributed by atoms with Crippen LogP contribution in [0.25, 0.3) is 0 Å². The van der Waals surface area contributed by atoms with Crippen LogP contribution in [-0.2, 0) is 6.54 Å². The molecular formula is C18H28N4O2. The fourth-order valence-electron chi connectivity index (χ4n) is 3.74. The van der Waals surface area contributed by atoms with E-state index in [2.05, 4.69) is 10.3 Å². The third-order valence-electron chi connectivity index (χ3n) is 5.55. The molecule has 1 aromatic rings. The van der Waals surface area contributed by atoms with Gasteiger partial charge >= 0.3 is 6.03 Å². The van der Waals surface area contributed by atoms with Crippen molar-refractivity contribution in [1.29, 1.82) is 0 Å². The van der Waals surface area contributed by atoms with E-state index in [9.17, 15) is 9.59 Å². The first-order chi connectivity index (χ1) is 11.5. The van der Waals surface area contributed by atoms with E-state index in [1.807, 2.05) is 18.7 Å². The molecule has 1 aliphatic heterocycles. The zero-order valence-electron chi connectivity index (χ0n) is 14.8. The number of rotatable bonds is 3. The Morgan fingerprint density at radius 3 is 2.54 bits per heavy atom. The number of urea groups is 1. The fourth-order valence-corrected chi connectivity index (χ4v) is 3.74. The van der Waals surface area contributed by atoms with Gasteiger partial charge < -0.3 is 10.2 Å². The summed E-state index contributed by atoms with van der Waals surface area (Å²) in [5.41, 5.74) is 1.59. The van der Waals surface area contributed by atoms with Crippen molar-refractivity contribution in [3.8, 4) is 0 Å². The predicted octanol–water partition coefficient (Wildman–Crippen LogP) is 2.22. The lowest BCUT2D eigenvalue weighted by Crippen LogP contribution is -2.47. The van der Waals surface area contributed by atoms with Crippen molar-refractivity contribution in [3.05, 3.63) is 27.9 Å². The molecule has 2 fully saturated rings. The van der Waals surface area contributed by atoms with Crippen molar-refractivity contribution in [2.24, 2.45) is 5.92 Å². The molecule has 0 atom stereocenters. The van der Waals surface area contributed by atoms with Gasteiger partial charge in [0.25, 0.3) is 5.56 Å².